The van der Waals surface area contributed by atoms with Gasteiger partial charge in [-0.3, -0.25) is 9.36 Å². The molecule has 0 bridgehead atoms. The van der Waals surface area contributed by atoms with Crippen molar-refractivity contribution < 1.29 is 0 Å². The molecule has 0 saturated heterocycles. The maximum Gasteiger partial charge on any atom is 0.344 e. The molecule has 11 heavy (non-hydrogen) atoms. The van der Waals surface area contributed by atoms with Crippen LogP contribution in [0, 0.1) is 0 Å². The molecule has 1 rings (SSSR count). The van der Waals surface area contributed by atoms with Crippen LogP contribution >= 0.6 is 0 Å². The van der Waals surface area contributed by atoms with Gasteiger partial charge in [0.25, 0.3) is 5.56 Å². The van der Waals surface area contributed by atoms with Crippen LogP contribution in [0.5, 0.6) is 0 Å². The first-order chi connectivity index (χ1) is 5.25. The van der Waals surface area contributed by atoms with Gasteiger partial charge in [-0.15, -0.1) is 0 Å². The maximum absolute atomic E-state index is 10.9. The fourth-order valence-corrected chi connectivity index (χ4v) is 0.808. The molecule has 0 aromatic carbocycles. The molecule has 0 unspecified atom stereocenters. The summed E-state index contributed by atoms with van der Waals surface area (Å²) in [6.07, 6.45) is 1.85. The van der Waals surface area contributed by atoms with E-state index in [0.717, 1.165) is 17.2 Å². The average Bonchev–Trinajstić information content (AvgIpc) is 1.97. The Morgan fingerprint density at radius 3 is 2.91 bits per heavy atom. The van der Waals surface area contributed by atoms with E-state index >= 15 is 0 Å². The lowest BCUT2D eigenvalue weighted by molar-refractivity contribution is 0.597. The van der Waals surface area contributed by atoms with Gasteiger partial charge in [0.05, 0.1) is 0 Å². The molecule has 0 saturated carbocycles. The van der Waals surface area contributed by atoms with Gasteiger partial charge in [0.1, 0.15) is 6.20 Å². The minimum Gasteiger partial charge on any atom is -0.267 e. The van der Waals surface area contributed by atoms with Gasteiger partial charge in [-0.05, 0) is 6.42 Å². The molecule has 0 aliphatic rings. The molecule has 0 amide bonds. The zero-order valence-electron chi connectivity index (χ0n) is 6.20. The molecular weight excluding hydrogens is 146 g/mol. The van der Waals surface area contributed by atoms with Crippen molar-refractivity contribution in [2.24, 2.45) is 0 Å². The molecular formula is C6H9N3O2. The summed E-state index contributed by atoms with van der Waals surface area (Å²) in [7, 11) is 0. The normalized spacial score (nSPS) is 9.91. The van der Waals surface area contributed by atoms with Crippen LogP contribution in [-0.4, -0.2) is 14.8 Å². The molecule has 5 heteroatoms. The summed E-state index contributed by atoms with van der Waals surface area (Å²) in [5.41, 5.74) is -0.796. The Balaban J connectivity index is 3.22. The molecule has 0 spiro atoms. The van der Waals surface area contributed by atoms with Crippen LogP contribution in [0.25, 0.3) is 0 Å². The zero-order chi connectivity index (χ0) is 8.27. The number of hydrogen-bond donors (Lipinski definition) is 1. The van der Waals surface area contributed by atoms with Crippen molar-refractivity contribution in [1.29, 1.82) is 0 Å². The van der Waals surface area contributed by atoms with Gasteiger partial charge < -0.3 is 0 Å². The highest BCUT2D eigenvalue weighted by atomic mass is 16.2. The molecule has 1 heterocycles. The topological polar surface area (TPSA) is 67.8 Å². The number of nitrogens with one attached hydrogen (secondary N) is 1. The van der Waals surface area contributed by atoms with Crippen LogP contribution in [-0.2, 0) is 6.54 Å². The number of nitrogens with zero attached hydrogens (tertiary/aromatic N) is 2. The lowest BCUT2D eigenvalue weighted by Crippen LogP contribution is -2.35. The number of hydrogen-bond acceptors (Lipinski definition) is 3. The van der Waals surface area contributed by atoms with Crippen LogP contribution in [0.15, 0.2) is 15.8 Å². The van der Waals surface area contributed by atoms with E-state index < -0.39 is 5.69 Å². The fraction of sp³-hybridized carbons (Fsp3) is 0.500. The first kappa shape index (κ1) is 7.71. The highest BCUT2D eigenvalue weighted by molar-refractivity contribution is 4.72. The van der Waals surface area contributed by atoms with Crippen molar-refractivity contribution in [1.82, 2.24) is 14.8 Å². The second kappa shape index (κ2) is 3.14. The molecule has 1 N–H and O–H groups in total. The van der Waals surface area contributed by atoms with Crippen LogP contribution < -0.4 is 11.2 Å². The standard InChI is InChI=1S/C6H9N3O2/c1-2-3-9-5(10)4-7-8-6(9)11/h4H,2-3H2,1H3,(H,8,11). The highest BCUT2D eigenvalue weighted by Crippen LogP contribution is 1.75. The molecule has 0 fully saturated rings. The Kier molecular flexibility index (Phi) is 2.20. The Hall–Kier alpha value is -1.39. The number of rotatable bonds is 2. The van der Waals surface area contributed by atoms with E-state index in [4.69, 9.17) is 0 Å². The molecule has 60 valence electrons. The van der Waals surface area contributed by atoms with Crippen LogP contribution in [0.4, 0.5) is 0 Å². The van der Waals surface area contributed by atoms with Crippen molar-refractivity contribution >= 4 is 0 Å². The van der Waals surface area contributed by atoms with E-state index in [0.29, 0.717) is 6.54 Å². The summed E-state index contributed by atoms with van der Waals surface area (Å²) in [4.78, 5) is 21.8. The van der Waals surface area contributed by atoms with Crippen molar-refractivity contribution in [3.63, 3.8) is 0 Å². The lowest BCUT2D eigenvalue weighted by atomic mass is 10.5. The second-order valence-corrected chi connectivity index (χ2v) is 2.17. The van der Waals surface area contributed by atoms with E-state index in [1.165, 1.54) is 0 Å². The zero-order valence-corrected chi connectivity index (χ0v) is 6.20. The smallest absolute Gasteiger partial charge is 0.267 e. The minimum absolute atomic E-state index is 0.351. The lowest BCUT2D eigenvalue weighted by Gasteiger charge is -1.97. The Labute approximate surface area is 62.7 Å². The summed E-state index contributed by atoms with van der Waals surface area (Å²) < 4.78 is 1.12. The van der Waals surface area contributed by atoms with Gasteiger partial charge >= 0.3 is 5.69 Å². The summed E-state index contributed by atoms with van der Waals surface area (Å²) in [6, 6.07) is 0. The van der Waals surface area contributed by atoms with Gasteiger partial charge in [-0.1, -0.05) is 6.92 Å². The molecule has 5 nitrogen and oxygen atoms in total. The van der Waals surface area contributed by atoms with Gasteiger partial charge in [-0.25, -0.2) is 9.89 Å². The summed E-state index contributed by atoms with van der Waals surface area (Å²) in [5.74, 6) is 0. The number of H-pyrrole nitrogens is 1. The fourth-order valence-electron chi connectivity index (χ4n) is 0.808. The second-order valence-electron chi connectivity index (χ2n) is 2.17. The van der Waals surface area contributed by atoms with Gasteiger partial charge in [-0.2, -0.15) is 5.10 Å². The van der Waals surface area contributed by atoms with Gasteiger partial charge in [0.2, 0.25) is 0 Å². The van der Waals surface area contributed by atoms with Crippen LogP contribution in [0.2, 0.25) is 0 Å². The predicted octanol–water partition coefficient (Wildman–Crippen LogP) is -0.658. The van der Waals surface area contributed by atoms with Gasteiger partial charge in [0.15, 0.2) is 0 Å². The molecule has 0 atom stereocenters. The summed E-state index contributed by atoms with van der Waals surface area (Å²) in [5, 5.41) is 5.54. The van der Waals surface area contributed by atoms with E-state index in [1.807, 2.05) is 6.92 Å². The van der Waals surface area contributed by atoms with E-state index in [9.17, 15) is 9.59 Å². The van der Waals surface area contributed by atoms with Crippen molar-refractivity contribution in [2.45, 2.75) is 19.9 Å². The first-order valence-corrected chi connectivity index (χ1v) is 3.40. The third kappa shape index (κ3) is 1.54. The predicted molar refractivity (Wildman–Crippen MR) is 39.4 cm³/mol. The Morgan fingerprint density at radius 2 is 2.36 bits per heavy atom. The minimum atomic E-state index is -0.445. The monoisotopic (exact) mass is 155 g/mol. The van der Waals surface area contributed by atoms with Crippen LogP contribution in [0.3, 0.4) is 0 Å². The summed E-state index contributed by atoms with van der Waals surface area (Å²) >= 11 is 0. The van der Waals surface area contributed by atoms with Crippen LogP contribution in [0.1, 0.15) is 13.3 Å². The molecule has 0 aliphatic heterocycles. The molecule has 0 aliphatic carbocycles. The molecule has 1 aromatic heterocycles. The maximum atomic E-state index is 10.9. The summed E-state index contributed by atoms with van der Waals surface area (Å²) in [6.45, 7) is 2.34. The quantitative estimate of drug-likeness (QED) is 0.616. The number of aromatic amines is 1. The molecule has 1 aromatic rings. The van der Waals surface area contributed by atoms with E-state index in [-0.39, 0.29) is 5.56 Å². The van der Waals surface area contributed by atoms with E-state index in [1.54, 1.807) is 0 Å². The number of aromatic nitrogens is 3. The third-order valence-electron chi connectivity index (χ3n) is 1.29. The Morgan fingerprint density at radius 1 is 1.64 bits per heavy atom. The Bertz CT molecular complexity index is 310. The third-order valence-corrected chi connectivity index (χ3v) is 1.29. The largest absolute Gasteiger partial charge is 0.344 e. The van der Waals surface area contributed by atoms with E-state index in [2.05, 4.69) is 10.2 Å². The first-order valence-electron chi connectivity index (χ1n) is 3.40. The highest BCUT2D eigenvalue weighted by Gasteiger charge is 1.96. The van der Waals surface area contributed by atoms with Crippen molar-refractivity contribution in [3.05, 3.63) is 27.0 Å². The SMILES string of the molecule is CCCn1c(=O)cn[nH]c1=O. The molecule has 0 radical (unpaired) electrons. The van der Waals surface area contributed by atoms with Crippen molar-refractivity contribution in [3.8, 4) is 0 Å². The van der Waals surface area contributed by atoms with Gasteiger partial charge in [0, 0.05) is 6.54 Å². The average molecular weight is 155 g/mol. The van der Waals surface area contributed by atoms with Crippen molar-refractivity contribution in [2.75, 3.05) is 0 Å².